The van der Waals surface area contributed by atoms with Gasteiger partial charge in [0.25, 0.3) is 0 Å². The number of amides is 1. The molecule has 1 saturated heterocycles. The van der Waals surface area contributed by atoms with Crippen LogP contribution in [0.2, 0.25) is 0 Å². The van der Waals surface area contributed by atoms with Crippen LogP contribution in [-0.4, -0.2) is 54.9 Å². The van der Waals surface area contributed by atoms with Crippen molar-refractivity contribution in [3.8, 4) is 10.6 Å². The Labute approximate surface area is 184 Å². The number of sulfonamides is 1. The summed E-state index contributed by atoms with van der Waals surface area (Å²) in [5, 5.41) is 2.17. The van der Waals surface area contributed by atoms with Crippen LogP contribution < -0.4 is 4.72 Å². The standard InChI is InChI=1S/C20H25F2N3O4S2/c1-20(2,3)29-19(26)25-6-5-16(24-31(4,27)28)17(25)10-15-11-30-18(23-15)12-7-13(21)9-14(22)8-12/h7-9,11,16-17,24H,5-6,10H2,1-4H3/t16-,17-/m1/s1. The SMILES string of the molecule is CC(C)(C)OC(=O)N1CC[C@@H](NS(C)(=O)=O)[C@H]1Cc1csc(-c2cc(F)cc(F)c2)n1. The van der Waals surface area contributed by atoms with Crippen LogP contribution in [0.4, 0.5) is 13.6 Å². The van der Waals surface area contributed by atoms with Gasteiger partial charge >= 0.3 is 6.09 Å². The number of carbonyl (C=O) groups is 1. The molecule has 1 aliphatic heterocycles. The Bertz CT molecular complexity index is 1050. The highest BCUT2D eigenvalue weighted by atomic mass is 32.2. The van der Waals surface area contributed by atoms with E-state index < -0.39 is 45.4 Å². The molecule has 0 saturated carbocycles. The van der Waals surface area contributed by atoms with E-state index in [-0.39, 0.29) is 6.42 Å². The minimum absolute atomic E-state index is 0.265. The predicted molar refractivity (Wildman–Crippen MR) is 114 cm³/mol. The molecule has 0 radical (unpaired) electrons. The van der Waals surface area contributed by atoms with Gasteiger partial charge in [-0.25, -0.2) is 31.7 Å². The molecule has 2 atom stereocenters. The third kappa shape index (κ3) is 6.44. The summed E-state index contributed by atoms with van der Waals surface area (Å²) < 4.78 is 58.8. The number of aromatic nitrogens is 1. The number of benzene rings is 1. The molecular weight excluding hydrogens is 448 g/mol. The van der Waals surface area contributed by atoms with Gasteiger partial charge in [0.15, 0.2) is 0 Å². The topological polar surface area (TPSA) is 88.6 Å². The highest BCUT2D eigenvalue weighted by Gasteiger charge is 2.40. The van der Waals surface area contributed by atoms with E-state index in [0.717, 1.165) is 12.3 Å². The number of thiazole rings is 1. The molecule has 1 N–H and O–H groups in total. The second kappa shape index (κ2) is 8.79. The Morgan fingerprint density at radius 2 is 1.94 bits per heavy atom. The molecule has 11 heteroatoms. The van der Waals surface area contributed by atoms with Crippen molar-refractivity contribution in [1.82, 2.24) is 14.6 Å². The maximum Gasteiger partial charge on any atom is 0.410 e. The Kier molecular flexibility index (Phi) is 6.68. The molecule has 170 valence electrons. The average molecular weight is 474 g/mol. The van der Waals surface area contributed by atoms with Crippen molar-refractivity contribution in [2.24, 2.45) is 0 Å². The number of likely N-dealkylation sites (tertiary alicyclic amines) is 1. The fourth-order valence-electron chi connectivity index (χ4n) is 3.49. The smallest absolute Gasteiger partial charge is 0.410 e. The Morgan fingerprint density at radius 1 is 1.29 bits per heavy atom. The van der Waals surface area contributed by atoms with Crippen LogP contribution in [-0.2, 0) is 21.2 Å². The summed E-state index contributed by atoms with van der Waals surface area (Å²) in [5.41, 5.74) is 0.208. The third-order valence-corrected chi connectivity index (χ3v) is 6.29. The summed E-state index contributed by atoms with van der Waals surface area (Å²) in [7, 11) is -3.49. The fraction of sp³-hybridized carbons (Fsp3) is 0.500. The van der Waals surface area contributed by atoms with Crippen LogP contribution in [0.3, 0.4) is 0 Å². The first-order chi connectivity index (χ1) is 14.3. The predicted octanol–water partition coefficient (Wildman–Crippen LogP) is 3.56. The van der Waals surface area contributed by atoms with Gasteiger partial charge in [0.2, 0.25) is 10.0 Å². The molecule has 1 amide bonds. The van der Waals surface area contributed by atoms with E-state index in [1.54, 1.807) is 26.2 Å². The molecule has 1 aliphatic rings. The molecule has 3 rings (SSSR count). The maximum absolute atomic E-state index is 13.5. The van der Waals surface area contributed by atoms with E-state index in [1.165, 1.54) is 28.4 Å². The van der Waals surface area contributed by atoms with Gasteiger partial charge in [0.1, 0.15) is 22.2 Å². The van der Waals surface area contributed by atoms with Crippen LogP contribution in [0.25, 0.3) is 10.6 Å². The van der Waals surface area contributed by atoms with Gasteiger partial charge in [-0.05, 0) is 39.3 Å². The molecule has 1 fully saturated rings. The van der Waals surface area contributed by atoms with Gasteiger partial charge in [-0.15, -0.1) is 11.3 Å². The van der Waals surface area contributed by atoms with Gasteiger partial charge < -0.3 is 9.64 Å². The quantitative estimate of drug-likeness (QED) is 0.717. The normalized spacial score (nSPS) is 19.6. The van der Waals surface area contributed by atoms with Crippen molar-refractivity contribution in [2.75, 3.05) is 12.8 Å². The van der Waals surface area contributed by atoms with E-state index in [2.05, 4.69) is 9.71 Å². The molecule has 1 aromatic carbocycles. The molecule has 31 heavy (non-hydrogen) atoms. The van der Waals surface area contributed by atoms with Crippen molar-refractivity contribution in [2.45, 2.75) is 51.3 Å². The molecule has 7 nitrogen and oxygen atoms in total. The number of hydrogen-bond donors (Lipinski definition) is 1. The summed E-state index contributed by atoms with van der Waals surface area (Å²) in [4.78, 5) is 18.7. The molecule has 2 heterocycles. The van der Waals surface area contributed by atoms with E-state index in [4.69, 9.17) is 4.74 Å². The zero-order valence-corrected chi connectivity index (χ0v) is 19.3. The van der Waals surface area contributed by atoms with Crippen molar-refractivity contribution < 1.29 is 26.7 Å². The van der Waals surface area contributed by atoms with Crippen LogP contribution >= 0.6 is 11.3 Å². The van der Waals surface area contributed by atoms with Gasteiger partial charge in [-0.2, -0.15) is 0 Å². The lowest BCUT2D eigenvalue weighted by Gasteiger charge is -2.30. The van der Waals surface area contributed by atoms with Gasteiger partial charge in [-0.3, -0.25) is 0 Å². The monoisotopic (exact) mass is 473 g/mol. The van der Waals surface area contributed by atoms with Crippen molar-refractivity contribution in [3.63, 3.8) is 0 Å². The first kappa shape index (κ1) is 23.6. The zero-order valence-electron chi connectivity index (χ0n) is 17.7. The molecule has 0 aliphatic carbocycles. The number of nitrogens with one attached hydrogen (secondary N) is 1. The average Bonchev–Trinajstić information content (AvgIpc) is 3.19. The molecule has 0 spiro atoms. The Balaban J connectivity index is 1.85. The summed E-state index contributed by atoms with van der Waals surface area (Å²) in [5.74, 6) is -1.40. The largest absolute Gasteiger partial charge is 0.444 e. The number of rotatable bonds is 5. The second-order valence-electron chi connectivity index (χ2n) is 8.53. The van der Waals surface area contributed by atoms with Crippen LogP contribution in [0.1, 0.15) is 32.9 Å². The van der Waals surface area contributed by atoms with Gasteiger partial charge in [0, 0.05) is 36.0 Å². The summed E-state index contributed by atoms with van der Waals surface area (Å²) in [6.07, 6.45) is 1.24. The first-order valence-electron chi connectivity index (χ1n) is 9.68. The maximum atomic E-state index is 13.5. The van der Waals surface area contributed by atoms with Crippen molar-refractivity contribution in [3.05, 3.63) is 40.9 Å². The minimum atomic E-state index is -3.49. The minimum Gasteiger partial charge on any atom is -0.444 e. The lowest BCUT2D eigenvalue weighted by atomic mass is 10.1. The van der Waals surface area contributed by atoms with Crippen molar-refractivity contribution in [1.29, 1.82) is 0 Å². The van der Waals surface area contributed by atoms with Gasteiger partial charge in [-0.1, -0.05) is 0 Å². The van der Waals surface area contributed by atoms with Crippen LogP contribution in [0.5, 0.6) is 0 Å². The lowest BCUT2D eigenvalue weighted by Crippen LogP contribution is -2.48. The van der Waals surface area contributed by atoms with Gasteiger partial charge in [0.05, 0.1) is 18.0 Å². The van der Waals surface area contributed by atoms with Crippen LogP contribution in [0.15, 0.2) is 23.6 Å². The number of ether oxygens (including phenoxy) is 1. The lowest BCUT2D eigenvalue weighted by molar-refractivity contribution is 0.0218. The van der Waals surface area contributed by atoms with E-state index in [9.17, 15) is 22.0 Å². The highest BCUT2D eigenvalue weighted by Crippen LogP contribution is 2.29. The van der Waals surface area contributed by atoms with Crippen molar-refractivity contribution >= 4 is 27.5 Å². The van der Waals surface area contributed by atoms with E-state index in [0.29, 0.717) is 29.2 Å². The number of nitrogens with zero attached hydrogens (tertiary/aromatic N) is 2. The molecule has 2 aromatic rings. The van der Waals surface area contributed by atoms with Crippen LogP contribution in [0, 0.1) is 11.6 Å². The Hall–Kier alpha value is -2.11. The number of carbonyl (C=O) groups excluding carboxylic acids is 1. The number of halogens is 2. The fourth-order valence-corrected chi connectivity index (χ4v) is 5.14. The molecule has 0 unspecified atom stereocenters. The summed E-state index contributed by atoms with van der Waals surface area (Å²) >= 11 is 1.22. The molecule has 1 aromatic heterocycles. The molecular formula is C20H25F2N3O4S2. The van der Waals surface area contributed by atoms with E-state index >= 15 is 0 Å². The summed E-state index contributed by atoms with van der Waals surface area (Å²) in [6.45, 7) is 5.60. The number of hydrogen-bond acceptors (Lipinski definition) is 6. The summed E-state index contributed by atoms with van der Waals surface area (Å²) in [6, 6.07) is 2.17. The second-order valence-corrected chi connectivity index (χ2v) is 11.2. The first-order valence-corrected chi connectivity index (χ1v) is 12.5. The zero-order chi connectivity index (χ0) is 23.0. The third-order valence-electron chi connectivity index (χ3n) is 4.62. The Morgan fingerprint density at radius 3 is 2.52 bits per heavy atom. The highest BCUT2D eigenvalue weighted by molar-refractivity contribution is 7.88. The molecule has 0 bridgehead atoms. The van der Waals surface area contributed by atoms with E-state index in [1.807, 2.05) is 0 Å².